The number of hydrogen-bond acceptors (Lipinski definition) is 8. The third kappa shape index (κ3) is 9.61. The van der Waals surface area contributed by atoms with Gasteiger partial charge in [0.2, 0.25) is 23.8 Å². The van der Waals surface area contributed by atoms with Crippen molar-refractivity contribution in [2.45, 2.75) is 112 Å². The quantitative estimate of drug-likeness (QED) is 0.0475. The SMILES string of the molecule is C=CC1=C(/C=[NH+]/O)C(=O)N(C[C@@H](NC(=O)N[C@H](C(=O)N2C[C@H](C(C)C)C[C@H]2C(=O)NC(CC2CCC2)C(=O)C(N)=O)C(C)(C)C)C(C)(C)C)C1=O. The van der Waals surface area contributed by atoms with Crippen molar-refractivity contribution in [1.82, 2.24) is 25.8 Å². The number of nitrogens with one attached hydrogen (secondary N) is 4. The summed E-state index contributed by atoms with van der Waals surface area (Å²) < 4.78 is 0. The lowest BCUT2D eigenvalue weighted by atomic mass is 9.80. The summed E-state index contributed by atoms with van der Waals surface area (Å²) in [5, 5.41) is 19.3. The minimum absolute atomic E-state index is 0.00527. The van der Waals surface area contributed by atoms with Crippen LogP contribution in [0.4, 0.5) is 4.79 Å². The standard InChI is InChI=1S/C36H55N7O8/c1-10-22-23(16-38-51)32(48)43(31(22)47)18-26(35(4,5)6)40-34(50)41-28(36(7,8)9)33(49)42-17-21(19(2)3)15-25(42)30(46)39-24(27(44)29(37)45)14-20-12-11-13-20/h10,16,19-21,24-26,28,51H,1,11-15,17-18H2,2-9H3,(H2,37,45)(H,39,46)(H2,40,41,50)/p+1/b38-16+/t21-,24?,25+,26-,28-/m1/s1. The van der Waals surface area contributed by atoms with Gasteiger partial charge in [-0.05, 0) is 46.6 Å². The Morgan fingerprint density at radius 3 is 2.06 bits per heavy atom. The van der Waals surface area contributed by atoms with Gasteiger partial charge in [-0.25, -0.2) is 4.79 Å². The van der Waals surface area contributed by atoms with E-state index in [0.29, 0.717) is 12.8 Å². The summed E-state index contributed by atoms with van der Waals surface area (Å²) in [5.74, 6) is -4.12. The molecule has 1 saturated carbocycles. The molecular formula is C36H56N7O8+. The van der Waals surface area contributed by atoms with E-state index in [9.17, 15) is 33.6 Å². The van der Waals surface area contributed by atoms with Crippen molar-refractivity contribution in [2.75, 3.05) is 13.1 Å². The number of Topliss-reactive ketones (excluding diaryl/α,β-unsaturated/α-hetero) is 1. The molecule has 0 aromatic rings. The van der Waals surface area contributed by atoms with E-state index in [-0.39, 0.29) is 42.0 Å². The predicted molar refractivity (Wildman–Crippen MR) is 187 cm³/mol. The van der Waals surface area contributed by atoms with E-state index in [2.05, 4.69) is 22.5 Å². The number of rotatable bonds is 14. The summed E-state index contributed by atoms with van der Waals surface area (Å²) in [5.41, 5.74) is 3.73. The molecule has 0 aromatic carbocycles. The number of primary amides is 1. The van der Waals surface area contributed by atoms with E-state index in [1.807, 2.05) is 34.6 Å². The topological polar surface area (TPSA) is 222 Å². The zero-order valence-electron chi connectivity index (χ0n) is 31.1. The van der Waals surface area contributed by atoms with Crippen LogP contribution in [0.25, 0.3) is 0 Å². The van der Waals surface area contributed by atoms with Gasteiger partial charge in [0.15, 0.2) is 0 Å². The van der Waals surface area contributed by atoms with Crippen LogP contribution in [0.1, 0.15) is 87.5 Å². The molecule has 2 heterocycles. The second kappa shape index (κ2) is 16.2. The fourth-order valence-corrected chi connectivity index (χ4v) is 6.62. The molecular weight excluding hydrogens is 658 g/mol. The first-order chi connectivity index (χ1) is 23.6. The number of ketones is 1. The van der Waals surface area contributed by atoms with Crippen molar-refractivity contribution >= 4 is 47.6 Å². The monoisotopic (exact) mass is 714 g/mol. The van der Waals surface area contributed by atoms with Crippen LogP contribution in [0.3, 0.4) is 0 Å². The second-order valence-electron chi connectivity index (χ2n) is 16.4. The third-order valence-corrected chi connectivity index (χ3v) is 10.3. The molecule has 51 heavy (non-hydrogen) atoms. The Hall–Kier alpha value is -4.56. The largest absolute Gasteiger partial charge is 0.363 e. The first-order valence-corrected chi connectivity index (χ1v) is 17.6. The molecule has 7 N–H and O–H groups in total. The smallest absolute Gasteiger partial charge is 0.315 e. The van der Waals surface area contributed by atoms with Crippen molar-refractivity contribution in [3.8, 4) is 0 Å². The van der Waals surface area contributed by atoms with Crippen molar-refractivity contribution in [1.29, 1.82) is 0 Å². The number of likely N-dealkylation sites (tertiary alicyclic amines) is 1. The highest BCUT2D eigenvalue weighted by atomic mass is 16.4. The van der Waals surface area contributed by atoms with Crippen molar-refractivity contribution in [3.05, 3.63) is 23.8 Å². The van der Waals surface area contributed by atoms with Gasteiger partial charge >= 0.3 is 6.03 Å². The Morgan fingerprint density at radius 2 is 1.59 bits per heavy atom. The molecule has 7 amide bonds. The molecule has 15 nitrogen and oxygen atoms in total. The molecule has 1 aliphatic carbocycles. The molecule has 3 aliphatic rings. The maximum Gasteiger partial charge on any atom is 0.315 e. The maximum atomic E-state index is 14.4. The van der Waals surface area contributed by atoms with E-state index >= 15 is 0 Å². The van der Waals surface area contributed by atoms with E-state index in [4.69, 9.17) is 10.9 Å². The lowest BCUT2D eigenvalue weighted by Gasteiger charge is -2.38. The minimum Gasteiger partial charge on any atom is -0.363 e. The molecule has 282 valence electrons. The predicted octanol–water partition coefficient (Wildman–Crippen LogP) is 0.110. The zero-order chi connectivity index (χ0) is 38.6. The van der Waals surface area contributed by atoms with Gasteiger partial charge in [-0.15, -0.1) is 0 Å². The van der Waals surface area contributed by atoms with Gasteiger partial charge in [0.1, 0.15) is 17.7 Å². The van der Waals surface area contributed by atoms with Gasteiger partial charge in [-0.1, -0.05) is 87.3 Å². The number of carbonyl (C=O) groups is 7. The fraction of sp³-hybridized carbons (Fsp3) is 0.667. The van der Waals surface area contributed by atoms with Crippen LogP contribution in [0.5, 0.6) is 0 Å². The molecule has 2 fully saturated rings. The number of imide groups is 1. The third-order valence-electron chi connectivity index (χ3n) is 10.3. The number of urea groups is 1. The van der Waals surface area contributed by atoms with Crippen LogP contribution in [0, 0.1) is 28.6 Å². The van der Waals surface area contributed by atoms with E-state index in [1.54, 1.807) is 25.9 Å². The van der Waals surface area contributed by atoms with Crippen LogP contribution < -0.4 is 26.8 Å². The molecule has 1 saturated heterocycles. The Balaban J connectivity index is 1.84. The summed E-state index contributed by atoms with van der Waals surface area (Å²) in [6.07, 6.45) is 5.61. The molecule has 3 rings (SSSR count). The van der Waals surface area contributed by atoms with E-state index < -0.39 is 76.3 Å². The van der Waals surface area contributed by atoms with Gasteiger partial charge in [0.05, 0.1) is 24.2 Å². The Kier molecular flexibility index (Phi) is 13.0. The molecule has 1 unspecified atom stereocenters. The van der Waals surface area contributed by atoms with Crippen LogP contribution in [0.15, 0.2) is 23.8 Å². The van der Waals surface area contributed by atoms with Crippen LogP contribution in [-0.4, -0.2) is 99.8 Å². The zero-order valence-corrected chi connectivity index (χ0v) is 31.1. The van der Waals surface area contributed by atoms with Crippen molar-refractivity contribution < 1.29 is 43.9 Å². The molecule has 2 aliphatic heterocycles. The molecule has 0 spiro atoms. The molecule has 0 bridgehead atoms. The van der Waals surface area contributed by atoms with Crippen LogP contribution in [-0.2, 0) is 28.8 Å². The van der Waals surface area contributed by atoms with Gasteiger partial charge in [-0.3, -0.25) is 38.9 Å². The Bertz CT molecular complexity index is 1480. The molecule has 15 heteroatoms. The molecule has 0 aromatic heterocycles. The van der Waals surface area contributed by atoms with E-state index in [0.717, 1.165) is 30.4 Å². The first-order valence-electron chi connectivity index (χ1n) is 17.6. The van der Waals surface area contributed by atoms with E-state index in [1.165, 1.54) is 11.0 Å². The molecule has 5 atom stereocenters. The van der Waals surface area contributed by atoms with Gasteiger partial charge in [0.25, 0.3) is 17.7 Å². The second-order valence-corrected chi connectivity index (χ2v) is 16.4. The summed E-state index contributed by atoms with van der Waals surface area (Å²) in [7, 11) is 0. The highest BCUT2D eigenvalue weighted by Gasteiger charge is 2.47. The maximum absolute atomic E-state index is 14.4. The first kappa shape index (κ1) is 40.9. The highest BCUT2D eigenvalue weighted by molar-refractivity contribution is 6.37. The van der Waals surface area contributed by atoms with Crippen molar-refractivity contribution in [3.63, 3.8) is 0 Å². The number of nitrogens with zero attached hydrogens (tertiary/aromatic N) is 2. The average Bonchev–Trinajstić information content (AvgIpc) is 3.55. The summed E-state index contributed by atoms with van der Waals surface area (Å²) in [4.78, 5) is 95.1. The van der Waals surface area contributed by atoms with Crippen molar-refractivity contribution in [2.24, 2.45) is 34.3 Å². The van der Waals surface area contributed by atoms with Gasteiger partial charge in [0, 0.05) is 6.54 Å². The average molecular weight is 715 g/mol. The summed E-state index contributed by atoms with van der Waals surface area (Å²) in [6.45, 7) is 18.4. The lowest BCUT2D eigenvalue weighted by Crippen LogP contribution is -2.64. The fourth-order valence-electron chi connectivity index (χ4n) is 6.62. The summed E-state index contributed by atoms with van der Waals surface area (Å²) >= 11 is 0. The van der Waals surface area contributed by atoms with Gasteiger partial charge in [-0.2, -0.15) is 0 Å². The van der Waals surface area contributed by atoms with Crippen LogP contribution in [0.2, 0.25) is 0 Å². The summed E-state index contributed by atoms with van der Waals surface area (Å²) in [6, 6.07) is -4.66. The Labute approximate surface area is 299 Å². The molecule has 0 radical (unpaired) electrons. The van der Waals surface area contributed by atoms with Crippen LogP contribution >= 0.6 is 0 Å². The normalized spacial score (nSPS) is 21.8. The number of hydrogen-bond donors (Lipinski definition) is 6. The Morgan fingerprint density at radius 1 is 0.980 bits per heavy atom. The lowest BCUT2D eigenvalue weighted by molar-refractivity contribution is -0.733. The number of nitrogens with two attached hydrogens (primary N) is 1. The highest BCUT2D eigenvalue weighted by Crippen LogP contribution is 2.34. The minimum atomic E-state index is -1.13. The van der Waals surface area contributed by atoms with Gasteiger partial charge < -0.3 is 26.6 Å². The number of amides is 7. The number of carbonyl (C=O) groups excluding carboxylic acids is 7.